The summed E-state index contributed by atoms with van der Waals surface area (Å²) in [5, 5.41) is 7.38. The molecule has 0 saturated heterocycles. The summed E-state index contributed by atoms with van der Waals surface area (Å²) in [7, 11) is 0. The molecule has 1 aromatic heterocycles. The lowest BCUT2D eigenvalue weighted by Crippen LogP contribution is -2.09. The van der Waals surface area contributed by atoms with Gasteiger partial charge in [-0.3, -0.25) is 0 Å². The van der Waals surface area contributed by atoms with E-state index < -0.39 is 0 Å². The van der Waals surface area contributed by atoms with Crippen LogP contribution in [0.3, 0.4) is 0 Å². The predicted molar refractivity (Wildman–Crippen MR) is 109 cm³/mol. The Labute approximate surface area is 159 Å². The lowest BCUT2D eigenvalue weighted by atomic mass is 10.1. The van der Waals surface area contributed by atoms with Gasteiger partial charge in [-0.05, 0) is 37.0 Å². The predicted octanol–water partition coefficient (Wildman–Crippen LogP) is 5.10. The Balaban J connectivity index is 1.53. The van der Waals surface area contributed by atoms with Crippen molar-refractivity contribution in [2.24, 2.45) is 0 Å². The maximum Gasteiger partial charge on any atom is 0.225 e. The minimum atomic E-state index is 0.594. The highest BCUT2D eigenvalue weighted by Crippen LogP contribution is 2.17. The summed E-state index contributed by atoms with van der Waals surface area (Å²) in [5.74, 6) is 1.45. The summed E-state index contributed by atoms with van der Waals surface area (Å²) in [5.41, 5.74) is 3.30. The maximum absolute atomic E-state index is 6.19. The molecule has 2 aromatic carbocycles. The van der Waals surface area contributed by atoms with Crippen LogP contribution in [-0.4, -0.2) is 16.5 Å². The number of benzene rings is 2. The first-order valence-corrected chi connectivity index (χ1v) is 9.19. The van der Waals surface area contributed by atoms with E-state index in [9.17, 15) is 0 Å². The van der Waals surface area contributed by atoms with Gasteiger partial charge >= 0.3 is 0 Å². The Morgan fingerprint density at radius 3 is 2.50 bits per heavy atom. The molecule has 3 aromatic rings. The van der Waals surface area contributed by atoms with Crippen molar-refractivity contribution in [3.05, 3.63) is 82.5 Å². The fourth-order valence-corrected chi connectivity index (χ4v) is 2.91. The topological polar surface area (TPSA) is 49.8 Å². The van der Waals surface area contributed by atoms with Gasteiger partial charge in [0.05, 0.1) is 0 Å². The van der Waals surface area contributed by atoms with Crippen molar-refractivity contribution in [1.82, 2.24) is 9.97 Å². The number of hydrogen-bond donors (Lipinski definition) is 2. The standard InChI is InChI=1S/C21H23ClN4/c1-16-14-20(23-13-7-10-17-8-3-2-4-9-17)26-21(25-16)24-15-18-11-5-6-12-19(18)22/h2-6,8-9,11-12,14H,7,10,13,15H2,1H3,(H2,23,24,25,26). The van der Waals surface area contributed by atoms with E-state index in [0.29, 0.717) is 12.5 Å². The van der Waals surface area contributed by atoms with E-state index in [4.69, 9.17) is 11.6 Å². The van der Waals surface area contributed by atoms with Crippen LogP contribution in [0.2, 0.25) is 5.02 Å². The highest BCUT2D eigenvalue weighted by atomic mass is 35.5. The first-order valence-electron chi connectivity index (χ1n) is 8.81. The highest BCUT2D eigenvalue weighted by Gasteiger charge is 2.04. The van der Waals surface area contributed by atoms with Crippen LogP contribution in [0.4, 0.5) is 11.8 Å². The number of nitrogens with zero attached hydrogens (tertiary/aromatic N) is 2. The molecule has 134 valence electrons. The molecule has 1 heterocycles. The van der Waals surface area contributed by atoms with Crippen LogP contribution in [0.15, 0.2) is 60.7 Å². The SMILES string of the molecule is Cc1cc(NCCCc2ccccc2)nc(NCc2ccccc2Cl)n1. The summed E-state index contributed by atoms with van der Waals surface area (Å²) in [4.78, 5) is 9.00. The van der Waals surface area contributed by atoms with Crippen molar-refractivity contribution in [1.29, 1.82) is 0 Å². The van der Waals surface area contributed by atoms with Crippen LogP contribution in [0, 0.1) is 6.92 Å². The van der Waals surface area contributed by atoms with Gasteiger partial charge in [0.25, 0.3) is 0 Å². The van der Waals surface area contributed by atoms with Crippen LogP contribution in [-0.2, 0) is 13.0 Å². The zero-order valence-electron chi connectivity index (χ0n) is 14.9. The molecule has 4 nitrogen and oxygen atoms in total. The van der Waals surface area contributed by atoms with Crippen LogP contribution < -0.4 is 10.6 Å². The highest BCUT2D eigenvalue weighted by molar-refractivity contribution is 6.31. The second-order valence-electron chi connectivity index (χ2n) is 6.18. The van der Waals surface area contributed by atoms with Crippen LogP contribution in [0.5, 0.6) is 0 Å². The molecule has 0 fully saturated rings. The second-order valence-corrected chi connectivity index (χ2v) is 6.59. The van der Waals surface area contributed by atoms with E-state index in [-0.39, 0.29) is 0 Å². The Morgan fingerprint density at radius 2 is 1.69 bits per heavy atom. The minimum Gasteiger partial charge on any atom is -0.370 e. The molecule has 0 radical (unpaired) electrons. The lowest BCUT2D eigenvalue weighted by Gasteiger charge is -2.10. The van der Waals surface area contributed by atoms with Gasteiger partial charge in [0, 0.05) is 29.9 Å². The Hall–Kier alpha value is -2.59. The monoisotopic (exact) mass is 366 g/mol. The minimum absolute atomic E-state index is 0.594. The quantitative estimate of drug-likeness (QED) is 0.545. The summed E-state index contributed by atoms with van der Waals surface area (Å²) >= 11 is 6.19. The largest absolute Gasteiger partial charge is 0.370 e. The Kier molecular flexibility index (Phi) is 6.45. The normalized spacial score (nSPS) is 10.5. The second kappa shape index (κ2) is 9.20. The van der Waals surface area contributed by atoms with E-state index in [2.05, 4.69) is 44.9 Å². The number of aromatic nitrogens is 2. The van der Waals surface area contributed by atoms with Gasteiger partial charge in [-0.1, -0.05) is 60.1 Å². The number of halogens is 1. The average Bonchev–Trinajstić information content (AvgIpc) is 2.65. The molecule has 0 aliphatic heterocycles. The third kappa shape index (κ3) is 5.46. The smallest absolute Gasteiger partial charge is 0.225 e. The lowest BCUT2D eigenvalue weighted by molar-refractivity contribution is 0.857. The number of hydrogen-bond acceptors (Lipinski definition) is 4. The average molecular weight is 367 g/mol. The molecule has 3 rings (SSSR count). The van der Waals surface area contributed by atoms with Gasteiger partial charge in [-0.25, -0.2) is 4.98 Å². The first-order chi connectivity index (χ1) is 12.7. The van der Waals surface area contributed by atoms with Crippen molar-refractivity contribution in [2.45, 2.75) is 26.3 Å². The fourth-order valence-electron chi connectivity index (χ4n) is 2.71. The summed E-state index contributed by atoms with van der Waals surface area (Å²) in [6, 6.07) is 20.2. The fraction of sp³-hybridized carbons (Fsp3) is 0.238. The molecule has 0 unspecified atom stereocenters. The molecular formula is C21H23ClN4. The molecule has 0 atom stereocenters. The van der Waals surface area contributed by atoms with Crippen molar-refractivity contribution >= 4 is 23.4 Å². The molecule has 0 saturated carbocycles. The molecule has 5 heteroatoms. The first kappa shape index (κ1) is 18.2. The molecule has 0 amide bonds. The third-order valence-corrected chi connectivity index (χ3v) is 4.41. The van der Waals surface area contributed by atoms with Gasteiger partial charge in [0.2, 0.25) is 5.95 Å². The van der Waals surface area contributed by atoms with Crippen molar-refractivity contribution in [2.75, 3.05) is 17.2 Å². The van der Waals surface area contributed by atoms with Crippen LogP contribution >= 0.6 is 11.6 Å². The molecule has 0 aliphatic carbocycles. The summed E-state index contributed by atoms with van der Waals surface area (Å²) in [6.07, 6.45) is 2.10. The van der Waals surface area contributed by atoms with Crippen molar-refractivity contribution in [3.63, 3.8) is 0 Å². The van der Waals surface area contributed by atoms with Gasteiger partial charge in [-0.2, -0.15) is 4.98 Å². The number of aryl methyl sites for hydroxylation is 2. The zero-order valence-corrected chi connectivity index (χ0v) is 15.6. The van der Waals surface area contributed by atoms with Gasteiger partial charge in [-0.15, -0.1) is 0 Å². The Bertz CT molecular complexity index is 836. The van der Waals surface area contributed by atoms with E-state index >= 15 is 0 Å². The molecule has 0 aliphatic rings. The summed E-state index contributed by atoms with van der Waals surface area (Å²) < 4.78 is 0. The third-order valence-electron chi connectivity index (χ3n) is 4.04. The molecule has 2 N–H and O–H groups in total. The maximum atomic E-state index is 6.19. The van der Waals surface area contributed by atoms with Crippen LogP contribution in [0.25, 0.3) is 0 Å². The Morgan fingerprint density at radius 1 is 0.923 bits per heavy atom. The molecule has 0 spiro atoms. The summed E-state index contributed by atoms with van der Waals surface area (Å²) in [6.45, 7) is 3.43. The van der Waals surface area contributed by atoms with Crippen LogP contribution in [0.1, 0.15) is 23.2 Å². The zero-order chi connectivity index (χ0) is 18.2. The van der Waals surface area contributed by atoms with E-state index in [1.54, 1.807) is 0 Å². The number of rotatable bonds is 8. The van der Waals surface area contributed by atoms with Gasteiger partial charge < -0.3 is 10.6 Å². The van der Waals surface area contributed by atoms with Crippen molar-refractivity contribution < 1.29 is 0 Å². The van der Waals surface area contributed by atoms with Gasteiger partial charge in [0.1, 0.15) is 5.82 Å². The van der Waals surface area contributed by atoms with Crippen molar-refractivity contribution in [3.8, 4) is 0 Å². The molecule has 0 bridgehead atoms. The van der Waals surface area contributed by atoms with E-state index in [1.165, 1.54) is 5.56 Å². The van der Waals surface area contributed by atoms with E-state index in [1.807, 2.05) is 43.3 Å². The number of anilines is 2. The number of nitrogens with one attached hydrogen (secondary N) is 2. The molecule has 26 heavy (non-hydrogen) atoms. The molecular weight excluding hydrogens is 344 g/mol. The van der Waals surface area contributed by atoms with Gasteiger partial charge in [0.15, 0.2) is 0 Å². The van der Waals surface area contributed by atoms with E-state index in [0.717, 1.165) is 41.5 Å².